The van der Waals surface area contributed by atoms with Crippen LogP contribution >= 0.6 is 0 Å². The zero-order valence-corrected chi connectivity index (χ0v) is 11.8. The van der Waals surface area contributed by atoms with Crippen LogP contribution in [0.15, 0.2) is 12.2 Å². The Morgan fingerprint density at radius 3 is 2.47 bits per heavy atom. The van der Waals surface area contributed by atoms with Crippen LogP contribution in [0.2, 0.25) is 0 Å². The lowest BCUT2D eigenvalue weighted by Crippen LogP contribution is -2.39. The minimum absolute atomic E-state index is 0.108. The second-order valence-electron chi connectivity index (χ2n) is 5.35. The summed E-state index contributed by atoms with van der Waals surface area (Å²) >= 11 is 0. The highest BCUT2D eigenvalue weighted by Gasteiger charge is 2.10. The van der Waals surface area contributed by atoms with Crippen molar-refractivity contribution in [1.82, 2.24) is 10.2 Å². The molecule has 0 aliphatic rings. The van der Waals surface area contributed by atoms with Crippen LogP contribution in [0.3, 0.4) is 0 Å². The third-order valence-electron chi connectivity index (χ3n) is 2.34. The highest BCUT2D eigenvalue weighted by Crippen LogP contribution is 2.01. The SMILES string of the molecule is C=C(CNC(C)(C)C)CN(CCO)CCOC. The summed E-state index contributed by atoms with van der Waals surface area (Å²) in [5, 5.41) is 12.4. The molecule has 0 aliphatic carbocycles. The van der Waals surface area contributed by atoms with Gasteiger partial charge < -0.3 is 15.2 Å². The predicted octanol–water partition coefficient (Wildman–Crippen LogP) is 0.871. The van der Waals surface area contributed by atoms with Gasteiger partial charge in [0.2, 0.25) is 0 Å². The Bertz CT molecular complexity index is 212. The van der Waals surface area contributed by atoms with Crippen LogP contribution in [0, 0.1) is 0 Å². The first kappa shape index (κ1) is 16.6. The highest BCUT2D eigenvalue weighted by atomic mass is 16.5. The lowest BCUT2D eigenvalue weighted by atomic mass is 10.1. The van der Waals surface area contributed by atoms with Crippen molar-refractivity contribution in [2.45, 2.75) is 26.3 Å². The second kappa shape index (κ2) is 8.64. The Hall–Kier alpha value is -0.420. The number of aliphatic hydroxyl groups is 1. The van der Waals surface area contributed by atoms with E-state index in [0.717, 1.165) is 25.2 Å². The Labute approximate surface area is 106 Å². The topological polar surface area (TPSA) is 44.7 Å². The molecule has 0 aromatic rings. The number of ether oxygens (including phenoxy) is 1. The van der Waals surface area contributed by atoms with E-state index in [9.17, 15) is 0 Å². The molecule has 0 radical (unpaired) electrons. The number of hydrogen-bond acceptors (Lipinski definition) is 4. The van der Waals surface area contributed by atoms with Gasteiger partial charge in [-0.05, 0) is 26.3 Å². The van der Waals surface area contributed by atoms with E-state index in [1.165, 1.54) is 0 Å². The van der Waals surface area contributed by atoms with E-state index >= 15 is 0 Å². The predicted molar refractivity (Wildman–Crippen MR) is 72.3 cm³/mol. The molecule has 0 unspecified atom stereocenters. The first-order valence-electron chi connectivity index (χ1n) is 6.13. The summed E-state index contributed by atoms with van der Waals surface area (Å²) in [6.07, 6.45) is 0. The molecule has 0 bridgehead atoms. The Morgan fingerprint density at radius 2 is 2.00 bits per heavy atom. The van der Waals surface area contributed by atoms with Crippen molar-refractivity contribution < 1.29 is 9.84 Å². The molecule has 0 amide bonds. The molecular formula is C13H28N2O2. The monoisotopic (exact) mass is 244 g/mol. The minimum atomic E-state index is 0.108. The molecule has 0 aromatic carbocycles. The molecule has 0 saturated heterocycles. The van der Waals surface area contributed by atoms with Gasteiger partial charge in [-0.25, -0.2) is 0 Å². The normalized spacial score (nSPS) is 12.1. The largest absolute Gasteiger partial charge is 0.395 e. The quantitative estimate of drug-likeness (QED) is 0.591. The molecule has 2 N–H and O–H groups in total. The molecule has 4 nitrogen and oxygen atoms in total. The zero-order chi connectivity index (χ0) is 13.3. The van der Waals surface area contributed by atoms with Crippen molar-refractivity contribution in [2.75, 3.05) is 46.5 Å². The molecule has 0 aliphatic heterocycles. The van der Waals surface area contributed by atoms with Crippen molar-refractivity contribution >= 4 is 0 Å². The molecular weight excluding hydrogens is 216 g/mol. The van der Waals surface area contributed by atoms with Crippen LogP contribution in [0.4, 0.5) is 0 Å². The molecule has 0 fully saturated rings. The first-order chi connectivity index (χ1) is 7.89. The third-order valence-corrected chi connectivity index (χ3v) is 2.34. The summed E-state index contributed by atoms with van der Waals surface area (Å²) in [7, 11) is 1.69. The number of rotatable bonds is 9. The summed E-state index contributed by atoms with van der Waals surface area (Å²) in [5.74, 6) is 0. The summed E-state index contributed by atoms with van der Waals surface area (Å²) < 4.78 is 5.05. The highest BCUT2D eigenvalue weighted by molar-refractivity contribution is 5.01. The maximum absolute atomic E-state index is 8.98. The van der Waals surface area contributed by atoms with Crippen LogP contribution in [-0.2, 0) is 4.74 Å². The number of aliphatic hydroxyl groups excluding tert-OH is 1. The number of hydrogen-bond donors (Lipinski definition) is 2. The van der Waals surface area contributed by atoms with Gasteiger partial charge in [-0.2, -0.15) is 0 Å². The van der Waals surface area contributed by atoms with E-state index in [0.29, 0.717) is 13.2 Å². The Morgan fingerprint density at radius 1 is 1.35 bits per heavy atom. The molecule has 0 atom stereocenters. The third kappa shape index (κ3) is 10.5. The zero-order valence-electron chi connectivity index (χ0n) is 11.8. The van der Waals surface area contributed by atoms with Crippen molar-refractivity contribution in [1.29, 1.82) is 0 Å². The van der Waals surface area contributed by atoms with Gasteiger partial charge in [0, 0.05) is 38.8 Å². The number of nitrogens with zero attached hydrogens (tertiary/aromatic N) is 1. The summed E-state index contributed by atoms with van der Waals surface area (Å²) in [6.45, 7) is 14.4. The van der Waals surface area contributed by atoms with Crippen LogP contribution < -0.4 is 5.32 Å². The van der Waals surface area contributed by atoms with Gasteiger partial charge in [-0.1, -0.05) is 6.58 Å². The Kier molecular flexibility index (Phi) is 8.43. The van der Waals surface area contributed by atoms with Gasteiger partial charge in [0.25, 0.3) is 0 Å². The Balaban J connectivity index is 3.94. The van der Waals surface area contributed by atoms with Gasteiger partial charge in [0.1, 0.15) is 0 Å². The summed E-state index contributed by atoms with van der Waals surface area (Å²) in [6, 6.07) is 0. The van der Waals surface area contributed by atoms with Gasteiger partial charge in [0.15, 0.2) is 0 Å². The van der Waals surface area contributed by atoms with Crippen molar-refractivity contribution in [2.24, 2.45) is 0 Å². The van der Waals surface area contributed by atoms with Crippen molar-refractivity contribution in [3.8, 4) is 0 Å². The molecule has 0 spiro atoms. The van der Waals surface area contributed by atoms with E-state index in [-0.39, 0.29) is 12.1 Å². The van der Waals surface area contributed by atoms with Crippen LogP contribution in [0.1, 0.15) is 20.8 Å². The standard InChI is InChI=1S/C13H28N2O2/c1-12(10-14-13(2,3)4)11-15(6-8-16)7-9-17-5/h14,16H,1,6-11H2,2-5H3. The maximum Gasteiger partial charge on any atom is 0.0589 e. The average molecular weight is 244 g/mol. The van der Waals surface area contributed by atoms with E-state index in [1.54, 1.807) is 7.11 Å². The molecule has 102 valence electrons. The van der Waals surface area contributed by atoms with E-state index < -0.39 is 0 Å². The summed E-state index contributed by atoms with van der Waals surface area (Å²) in [4.78, 5) is 2.15. The van der Waals surface area contributed by atoms with Gasteiger partial charge in [0.05, 0.1) is 13.2 Å². The fourth-order valence-corrected chi connectivity index (χ4v) is 1.39. The van der Waals surface area contributed by atoms with Crippen LogP contribution in [-0.4, -0.2) is 62.0 Å². The molecule has 0 heterocycles. The fraction of sp³-hybridized carbons (Fsp3) is 0.846. The first-order valence-corrected chi connectivity index (χ1v) is 6.13. The number of methoxy groups -OCH3 is 1. The molecule has 4 heteroatoms. The average Bonchev–Trinajstić information content (AvgIpc) is 2.22. The summed E-state index contributed by atoms with van der Waals surface area (Å²) in [5.41, 5.74) is 1.24. The van der Waals surface area contributed by atoms with Crippen molar-refractivity contribution in [3.63, 3.8) is 0 Å². The molecule has 17 heavy (non-hydrogen) atoms. The lowest BCUT2D eigenvalue weighted by molar-refractivity contribution is 0.136. The fourth-order valence-electron chi connectivity index (χ4n) is 1.39. The number of nitrogens with one attached hydrogen (secondary N) is 1. The van der Waals surface area contributed by atoms with Crippen molar-refractivity contribution in [3.05, 3.63) is 12.2 Å². The van der Waals surface area contributed by atoms with Crippen LogP contribution in [0.5, 0.6) is 0 Å². The molecule has 0 aromatic heterocycles. The smallest absolute Gasteiger partial charge is 0.0589 e. The van der Waals surface area contributed by atoms with E-state index in [1.807, 2.05) is 0 Å². The van der Waals surface area contributed by atoms with Gasteiger partial charge >= 0.3 is 0 Å². The molecule has 0 saturated carbocycles. The maximum atomic E-state index is 8.98. The molecule has 0 rings (SSSR count). The van der Waals surface area contributed by atoms with E-state index in [4.69, 9.17) is 9.84 Å². The van der Waals surface area contributed by atoms with E-state index in [2.05, 4.69) is 37.6 Å². The minimum Gasteiger partial charge on any atom is -0.395 e. The second-order valence-corrected chi connectivity index (χ2v) is 5.35. The van der Waals surface area contributed by atoms with Crippen LogP contribution in [0.25, 0.3) is 0 Å². The lowest BCUT2D eigenvalue weighted by Gasteiger charge is -2.25. The van der Waals surface area contributed by atoms with Gasteiger partial charge in [-0.3, -0.25) is 4.90 Å². The van der Waals surface area contributed by atoms with Gasteiger partial charge in [-0.15, -0.1) is 0 Å².